The number of halogens is 2. The van der Waals surface area contributed by atoms with E-state index >= 15 is 0 Å². The Hall–Kier alpha value is -3.09. The largest absolute Gasteiger partial charge is 0.489 e. The maximum absolute atomic E-state index is 10.6. The topological polar surface area (TPSA) is 76.8 Å². The van der Waals surface area contributed by atoms with Crippen LogP contribution in [0.25, 0.3) is 0 Å². The highest BCUT2D eigenvalue weighted by Crippen LogP contribution is 2.26. The molecule has 3 aromatic carbocycles. The number of nitrogens with zero attached hydrogens (tertiary/aromatic N) is 2. The van der Waals surface area contributed by atoms with Gasteiger partial charge in [0.15, 0.2) is 0 Å². The number of nitrogens with one attached hydrogen (secondary N) is 1. The molecule has 6 nitrogen and oxygen atoms in total. The van der Waals surface area contributed by atoms with Gasteiger partial charge in [-0.05, 0) is 54.1 Å². The fourth-order valence-corrected chi connectivity index (χ4v) is 2.82. The summed E-state index contributed by atoms with van der Waals surface area (Å²) in [5.41, 5.74) is 5.10. The van der Waals surface area contributed by atoms with Crippen LogP contribution in [0.5, 0.6) is 5.75 Å². The van der Waals surface area contributed by atoms with Crippen LogP contribution in [0.1, 0.15) is 11.1 Å². The third-order valence-electron chi connectivity index (χ3n) is 3.81. The fraction of sp³-hybridized carbons (Fsp3) is 0.0500. The van der Waals surface area contributed by atoms with Crippen LogP contribution in [-0.2, 0) is 6.61 Å². The number of nitro benzene ring substituents is 1. The van der Waals surface area contributed by atoms with Crippen molar-refractivity contribution in [1.29, 1.82) is 0 Å². The van der Waals surface area contributed by atoms with E-state index in [-0.39, 0.29) is 12.3 Å². The van der Waals surface area contributed by atoms with E-state index in [1.165, 1.54) is 12.1 Å². The highest BCUT2D eigenvalue weighted by Gasteiger charge is 2.06. The molecule has 0 heterocycles. The molecule has 3 rings (SSSR count). The average Bonchev–Trinajstić information content (AvgIpc) is 2.69. The lowest BCUT2D eigenvalue weighted by Crippen LogP contribution is -1.97. The molecule has 8 heteroatoms. The maximum Gasteiger partial charge on any atom is 0.269 e. The second-order valence-electron chi connectivity index (χ2n) is 5.73. The van der Waals surface area contributed by atoms with Crippen molar-refractivity contribution in [3.8, 4) is 5.75 Å². The minimum atomic E-state index is -0.448. The lowest BCUT2D eigenvalue weighted by atomic mass is 10.2. The third-order valence-corrected chi connectivity index (χ3v) is 4.52. The van der Waals surface area contributed by atoms with Crippen LogP contribution in [0.2, 0.25) is 10.0 Å². The summed E-state index contributed by atoms with van der Waals surface area (Å²) in [6.45, 7) is 0.271. The molecule has 142 valence electrons. The van der Waals surface area contributed by atoms with E-state index in [0.717, 1.165) is 11.1 Å². The smallest absolute Gasteiger partial charge is 0.269 e. The predicted octanol–water partition coefficient (Wildman–Crippen LogP) is 5.93. The molecular formula is C20H15Cl2N3O3. The van der Waals surface area contributed by atoms with Crippen molar-refractivity contribution in [2.75, 3.05) is 5.43 Å². The summed E-state index contributed by atoms with van der Waals surface area (Å²) in [6, 6.07) is 18.7. The van der Waals surface area contributed by atoms with E-state index in [0.29, 0.717) is 21.5 Å². The molecule has 0 aliphatic carbocycles. The first-order chi connectivity index (χ1) is 13.5. The molecule has 0 unspecified atom stereocenters. The van der Waals surface area contributed by atoms with Gasteiger partial charge in [0.2, 0.25) is 0 Å². The van der Waals surface area contributed by atoms with Gasteiger partial charge in [0.05, 0.1) is 16.8 Å². The van der Waals surface area contributed by atoms with E-state index in [4.69, 9.17) is 27.9 Å². The molecule has 0 aromatic heterocycles. The summed E-state index contributed by atoms with van der Waals surface area (Å²) in [7, 11) is 0. The van der Waals surface area contributed by atoms with Crippen LogP contribution in [0, 0.1) is 10.1 Å². The molecule has 28 heavy (non-hydrogen) atoms. The van der Waals surface area contributed by atoms with Gasteiger partial charge in [0.1, 0.15) is 12.4 Å². The molecule has 0 saturated heterocycles. The van der Waals surface area contributed by atoms with E-state index < -0.39 is 4.92 Å². The lowest BCUT2D eigenvalue weighted by molar-refractivity contribution is -0.384. The highest BCUT2D eigenvalue weighted by molar-refractivity contribution is 6.35. The van der Waals surface area contributed by atoms with Crippen molar-refractivity contribution in [2.24, 2.45) is 5.10 Å². The molecule has 1 N–H and O–H groups in total. The number of benzene rings is 3. The quantitative estimate of drug-likeness (QED) is 0.294. The Morgan fingerprint density at radius 3 is 2.25 bits per heavy atom. The Morgan fingerprint density at radius 2 is 1.64 bits per heavy atom. The van der Waals surface area contributed by atoms with Gasteiger partial charge in [-0.3, -0.25) is 15.5 Å². The summed E-state index contributed by atoms with van der Waals surface area (Å²) < 4.78 is 5.73. The third kappa shape index (κ3) is 5.22. The van der Waals surface area contributed by atoms with E-state index in [9.17, 15) is 10.1 Å². The maximum atomic E-state index is 10.6. The minimum absolute atomic E-state index is 0.0307. The molecule has 0 saturated carbocycles. The van der Waals surface area contributed by atoms with Crippen LogP contribution >= 0.6 is 23.2 Å². The number of ether oxygens (including phenoxy) is 1. The molecule has 0 atom stereocenters. The van der Waals surface area contributed by atoms with Gasteiger partial charge in [0.25, 0.3) is 5.69 Å². The summed E-state index contributed by atoms with van der Waals surface area (Å²) in [5, 5.41) is 15.9. The van der Waals surface area contributed by atoms with Crippen molar-refractivity contribution in [3.63, 3.8) is 0 Å². The molecule has 0 radical (unpaired) electrons. The molecular weight excluding hydrogens is 401 g/mol. The predicted molar refractivity (Wildman–Crippen MR) is 112 cm³/mol. The molecule has 0 aliphatic rings. The first-order valence-corrected chi connectivity index (χ1v) is 8.98. The summed E-state index contributed by atoms with van der Waals surface area (Å²) in [5.74, 6) is 0.677. The first kappa shape index (κ1) is 19.7. The van der Waals surface area contributed by atoms with Crippen molar-refractivity contribution in [3.05, 3.63) is 98.0 Å². The second kappa shape index (κ2) is 9.21. The first-order valence-electron chi connectivity index (χ1n) is 8.22. The van der Waals surface area contributed by atoms with Crippen LogP contribution in [0.4, 0.5) is 11.4 Å². The van der Waals surface area contributed by atoms with Gasteiger partial charge < -0.3 is 4.74 Å². The Balaban J connectivity index is 1.55. The van der Waals surface area contributed by atoms with E-state index in [1.807, 2.05) is 24.3 Å². The Kier molecular flexibility index (Phi) is 6.47. The number of non-ortho nitro benzene ring substituents is 1. The van der Waals surface area contributed by atoms with Gasteiger partial charge in [-0.2, -0.15) is 5.10 Å². The Morgan fingerprint density at radius 1 is 1.00 bits per heavy atom. The average molecular weight is 416 g/mol. The standard InChI is InChI=1S/C20H15Cl2N3O3/c21-19-2-1-3-20(22)18(19)13-28-17-10-4-14(5-11-17)12-23-24-15-6-8-16(9-7-15)25(26)27/h1-12,24H,13H2. The number of hydrogen-bond donors (Lipinski definition) is 1. The number of rotatable bonds is 7. The van der Waals surface area contributed by atoms with Crippen LogP contribution in [0.3, 0.4) is 0 Å². The molecule has 0 fully saturated rings. The van der Waals surface area contributed by atoms with Crippen LogP contribution in [-0.4, -0.2) is 11.1 Å². The van der Waals surface area contributed by atoms with Crippen LogP contribution < -0.4 is 10.2 Å². The van der Waals surface area contributed by atoms with Crippen molar-refractivity contribution < 1.29 is 9.66 Å². The molecule has 0 bridgehead atoms. The molecule has 0 spiro atoms. The number of hydrazone groups is 1. The van der Waals surface area contributed by atoms with Crippen LogP contribution in [0.15, 0.2) is 71.8 Å². The zero-order chi connectivity index (χ0) is 19.9. The van der Waals surface area contributed by atoms with E-state index in [2.05, 4.69) is 10.5 Å². The van der Waals surface area contributed by atoms with Gasteiger partial charge in [-0.1, -0.05) is 29.3 Å². The van der Waals surface area contributed by atoms with Gasteiger partial charge >= 0.3 is 0 Å². The Bertz CT molecular complexity index is 970. The number of anilines is 1. The molecule has 3 aromatic rings. The Labute approximate surface area is 171 Å². The minimum Gasteiger partial charge on any atom is -0.489 e. The monoisotopic (exact) mass is 415 g/mol. The zero-order valence-corrected chi connectivity index (χ0v) is 16.0. The van der Waals surface area contributed by atoms with Crippen molar-refractivity contribution >= 4 is 40.8 Å². The number of nitro groups is 1. The van der Waals surface area contributed by atoms with Gasteiger partial charge in [-0.25, -0.2) is 0 Å². The van der Waals surface area contributed by atoms with Crippen molar-refractivity contribution in [1.82, 2.24) is 0 Å². The van der Waals surface area contributed by atoms with Crippen molar-refractivity contribution in [2.45, 2.75) is 6.61 Å². The highest BCUT2D eigenvalue weighted by atomic mass is 35.5. The summed E-state index contributed by atoms with van der Waals surface area (Å²) >= 11 is 12.3. The summed E-state index contributed by atoms with van der Waals surface area (Å²) in [6.07, 6.45) is 1.64. The fourth-order valence-electron chi connectivity index (χ4n) is 2.31. The lowest BCUT2D eigenvalue weighted by Gasteiger charge is -2.09. The van der Waals surface area contributed by atoms with E-state index in [1.54, 1.807) is 36.5 Å². The second-order valence-corrected chi connectivity index (χ2v) is 6.55. The van der Waals surface area contributed by atoms with Gasteiger partial charge in [-0.15, -0.1) is 0 Å². The zero-order valence-electron chi connectivity index (χ0n) is 14.5. The molecule has 0 aliphatic heterocycles. The number of hydrogen-bond acceptors (Lipinski definition) is 5. The summed E-state index contributed by atoms with van der Waals surface area (Å²) in [4.78, 5) is 10.2. The van der Waals surface area contributed by atoms with Gasteiger partial charge in [0, 0.05) is 27.7 Å². The SMILES string of the molecule is O=[N+]([O-])c1ccc(NN=Cc2ccc(OCc3c(Cl)cccc3Cl)cc2)cc1. The normalized spacial score (nSPS) is 10.8. The molecule has 0 amide bonds.